The molecule has 1 heterocycles. The van der Waals surface area contributed by atoms with E-state index in [0.717, 1.165) is 17.2 Å². The molecule has 0 radical (unpaired) electrons. The highest BCUT2D eigenvalue weighted by Crippen LogP contribution is 2.08. The first-order valence-electron chi connectivity index (χ1n) is 6.32. The lowest BCUT2D eigenvalue weighted by atomic mass is 10.1. The normalized spacial score (nSPS) is 10.7. The molecule has 0 unspecified atom stereocenters. The molecular formula is C15H17NO2. The number of ketones is 1. The van der Waals surface area contributed by atoms with Crippen LogP contribution < -0.4 is 5.56 Å². The summed E-state index contributed by atoms with van der Waals surface area (Å²) in [6.07, 6.45) is 3.66. The van der Waals surface area contributed by atoms with Crippen LogP contribution in [-0.2, 0) is 11.3 Å². The Morgan fingerprint density at radius 1 is 1.22 bits per heavy atom. The molecule has 3 heteroatoms. The summed E-state index contributed by atoms with van der Waals surface area (Å²) >= 11 is 0. The summed E-state index contributed by atoms with van der Waals surface area (Å²) in [5.74, 6) is 0.254. The number of fused-ring (bicyclic) bond motifs is 1. The van der Waals surface area contributed by atoms with Crippen LogP contribution in [-0.4, -0.2) is 10.4 Å². The van der Waals surface area contributed by atoms with E-state index in [0.29, 0.717) is 19.4 Å². The van der Waals surface area contributed by atoms with Gasteiger partial charge >= 0.3 is 0 Å². The van der Waals surface area contributed by atoms with E-state index >= 15 is 0 Å². The molecule has 2 rings (SSSR count). The number of benzene rings is 1. The summed E-state index contributed by atoms with van der Waals surface area (Å²) in [4.78, 5) is 23.4. The highest BCUT2D eigenvalue weighted by molar-refractivity contribution is 5.81. The van der Waals surface area contributed by atoms with Gasteiger partial charge < -0.3 is 4.57 Å². The topological polar surface area (TPSA) is 39.1 Å². The summed E-state index contributed by atoms with van der Waals surface area (Å²) in [6, 6.07) is 9.51. The van der Waals surface area contributed by atoms with Gasteiger partial charge in [0.1, 0.15) is 5.78 Å². The second-order valence-electron chi connectivity index (χ2n) is 4.40. The lowest BCUT2D eigenvalue weighted by Gasteiger charge is -2.06. The minimum atomic E-state index is 0.0250. The number of aromatic nitrogens is 1. The van der Waals surface area contributed by atoms with Gasteiger partial charge in [-0.3, -0.25) is 9.59 Å². The van der Waals surface area contributed by atoms with Crippen LogP contribution in [0.15, 0.2) is 41.3 Å². The Morgan fingerprint density at radius 2 is 2.00 bits per heavy atom. The molecule has 0 amide bonds. The quantitative estimate of drug-likeness (QED) is 0.810. The first kappa shape index (κ1) is 12.6. The second kappa shape index (κ2) is 5.63. The van der Waals surface area contributed by atoms with Gasteiger partial charge in [0.15, 0.2) is 0 Å². The molecule has 3 nitrogen and oxygen atoms in total. The van der Waals surface area contributed by atoms with Crippen molar-refractivity contribution in [3.63, 3.8) is 0 Å². The zero-order chi connectivity index (χ0) is 13.0. The monoisotopic (exact) mass is 243 g/mol. The van der Waals surface area contributed by atoms with Crippen molar-refractivity contribution < 1.29 is 4.79 Å². The van der Waals surface area contributed by atoms with E-state index < -0.39 is 0 Å². The average Bonchev–Trinajstić information content (AvgIpc) is 2.41. The van der Waals surface area contributed by atoms with Crippen LogP contribution in [0.25, 0.3) is 10.8 Å². The number of carbonyl (C=O) groups excluding carboxylic acids is 1. The number of nitrogens with zero attached hydrogens (tertiary/aromatic N) is 1. The summed E-state index contributed by atoms with van der Waals surface area (Å²) in [5, 5.41) is 1.70. The Hall–Kier alpha value is -1.90. The Labute approximate surface area is 106 Å². The Morgan fingerprint density at radius 3 is 2.78 bits per heavy atom. The van der Waals surface area contributed by atoms with Crippen LogP contribution in [0.4, 0.5) is 0 Å². The maximum absolute atomic E-state index is 12.2. The van der Waals surface area contributed by atoms with Gasteiger partial charge in [0, 0.05) is 31.0 Å². The molecule has 0 bridgehead atoms. The highest BCUT2D eigenvalue weighted by Gasteiger charge is 2.03. The first-order valence-corrected chi connectivity index (χ1v) is 6.32. The third-order valence-corrected chi connectivity index (χ3v) is 3.14. The Kier molecular flexibility index (Phi) is 3.92. The van der Waals surface area contributed by atoms with Gasteiger partial charge in [-0.1, -0.05) is 25.1 Å². The van der Waals surface area contributed by atoms with Crippen LogP contribution in [0, 0.1) is 0 Å². The van der Waals surface area contributed by atoms with Crippen LogP contribution in [0.1, 0.15) is 26.2 Å². The van der Waals surface area contributed by atoms with Gasteiger partial charge in [-0.15, -0.1) is 0 Å². The summed E-state index contributed by atoms with van der Waals surface area (Å²) in [5.41, 5.74) is 0.0250. The molecule has 0 aliphatic rings. The van der Waals surface area contributed by atoms with Crippen LogP contribution in [0.2, 0.25) is 0 Å². The van der Waals surface area contributed by atoms with Crippen molar-refractivity contribution in [3.05, 3.63) is 46.9 Å². The number of hydrogen-bond acceptors (Lipinski definition) is 2. The maximum atomic E-state index is 12.2. The van der Waals surface area contributed by atoms with Crippen molar-refractivity contribution in [2.24, 2.45) is 0 Å². The summed E-state index contributed by atoms with van der Waals surface area (Å²) < 4.78 is 1.69. The molecular weight excluding hydrogens is 226 g/mol. The molecule has 1 aromatic heterocycles. The zero-order valence-electron chi connectivity index (χ0n) is 10.6. The number of pyridine rings is 1. The number of rotatable bonds is 5. The summed E-state index contributed by atoms with van der Waals surface area (Å²) in [7, 11) is 0. The van der Waals surface area contributed by atoms with E-state index in [-0.39, 0.29) is 11.3 Å². The lowest BCUT2D eigenvalue weighted by Crippen LogP contribution is -2.19. The molecule has 0 fully saturated rings. The minimum absolute atomic E-state index is 0.0250. The van der Waals surface area contributed by atoms with Gasteiger partial charge in [0.05, 0.1) is 0 Å². The minimum Gasteiger partial charge on any atom is -0.315 e. The van der Waals surface area contributed by atoms with Crippen molar-refractivity contribution in [1.82, 2.24) is 4.57 Å². The predicted molar refractivity (Wildman–Crippen MR) is 72.7 cm³/mol. The van der Waals surface area contributed by atoms with E-state index in [1.54, 1.807) is 10.8 Å². The Balaban J connectivity index is 2.17. The van der Waals surface area contributed by atoms with Gasteiger partial charge in [-0.2, -0.15) is 0 Å². The standard InChI is InChI=1S/C15H17NO2/c1-2-13(17)7-5-10-16-11-9-12-6-3-4-8-14(12)15(16)18/h3-4,6,8-9,11H,2,5,7,10H2,1H3. The SMILES string of the molecule is CCC(=O)CCCn1ccc2ccccc2c1=O. The lowest BCUT2D eigenvalue weighted by molar-refractivity contribution is -0.118. The van der Waals surface area contributed by atoms with Crippen LogP contribution in [0.3, 0.4) is 0 Å². The van der Waals surface area contributed by atoms with E-state index in [2.05, 4.69) is 0 Å². The molecule has 0 saturated carbocycles. The molecule has 18 heavy (non-hydrogen) atoms. The van der Waals surface area contributed by atoms with E-state index in [1.165, 1.54) is 0 Å². The molecule has 94 valence electrons. The maximum Gasteiger partial charge on any atom is 0.258 e. The van der Waals surface area contributed by atoms with Gasteiger partial charge in [-0.05, 0) is 23.9 Å². The fraction of sp³-hybridized carbons (Fsp3) is 0.333. The van der Waals surface area contributed by atoms with E-state index in [1.807, 2.05) is 37.3 Å². The molecule has 0 saturated heterocycles. The molecule has 0 N–H and O–H groups in total. The zero-order valence-corrected chi connectivity index (χ0v) is 10.6. The number of Topliss-reactive ketones (excluding diaryl/α,β-unsaturated/α-hetero) is 1. The average molecular weight is 243 g/mol. The van der Waals surface area contributed by atoms with Crippen LogP contribution in [0.5, 0.6) is 0 Å². The van der Waals surface area contributed by atoms with Gasteiger partial charge in [0.2, 0.25) is 0 Å². The second-order valence-corrected chi connectivity index (χ2v) is 4.40. The molecule has 0 atom stereocenters. The third kappa shape index (κ3) is 2.67. The fourth-order valence-corrected chi connectivity index (χ4v) is 2.03. The number of aryl methyl sites for hydroxylation is 1. The highest BCUT2D eigenvalue weighted by atomic mass is 16.1. The smallest absolute Gasteiger partial charge is 0.258 e. The fourth-order valence-electron chi connectivity index (χ4n) is 2.03. The van der Waals surface area contributed by atoms with E-state index in [9.17, 15) is 9.59 Å². The summed E-state index contributed by atoms with van der Waals surface area (Å²) in [6.45, 7) is 2.47. The van der Waals surface area contributed by atoms with Gasteiger partial charge in [0.25, 0.3) is 5.56 Å². The molecule has 1 aromatic carbocycles. The van der Waals surface area contributed by atoms with Gasteiger partial charge in [-0.25, -0.2) is 0 Å². The predicted octanol–water partition coefficient (Wildman–Crippen LogP) is 2.76. The van der Waals surface area contributed by atoms with E-state index in [4.69, 9.17) is 0 Å². The molecule has 0 aliphatic heterocycles. The first-order chi connectivity index (χ1) is 8.72. The van der Waals surface area contributed by atoms with Crippen molar-refractivity contribution in [2.45, 2.75) is 32.7 Å². The third-order valence-electron chi connectivity index (χ3n) is 3.14. The molecule has 0 aliphatic carbocycles. The van der Waals surface area contributed by atoms with Crippen molar-refractivity contribution >= 4 is 16.6 Å². The largest absolute Gasteiger partial charge is 0.315 e. The number of hydrogen-bond donors (Lipinski definition) is 0. The van der Waals surface area contributed by atoms with Crippen molar-refractivity contribution in [1.29, 1.82) is 0 Å². The number of carbonyl (C=O) groups is 1. The molecule has 2 aromatic rings. The van der Waals surface area contributed by atoms with Crippen molar-refractivity contribution in [3.8, 4) is 0 Å². The van der Waals surface area contributed by atoms with Crippen LogP contribution >= 0.6 is 0 Å². The Bertz CT molecular complexity index is 613. The van der Waals surface area contributed by atoms with Crippen molar-refractivity contribution in [2.75, 3.05) is 0 Å². The molecule has 0 spiro atoms.